The Morgan fingerprint density at radius 2 is 1.69 bits per heavy atom. The molecule has 2 unspecified atom stereocenters. The number of anilines is 2. The molecule has 2 aliphatic heterocycles. The molecule has 1 fully saturated rings. The number of fused-ring (bicyclic) bond motifs is 4. The number of aromatic nitrogens is 1. The molecule has 8 nitrogen and oxygen atoms in total. The molecule has 2 bridgehead atoms. The molecule has 0 aliphatic carbocycles. The Labute approximate surface area is 250 Å². The van der Waals surface area contributed by atoms with Gasteiger partial charge in [-0.1, -0.05) is 48.0 Å². The van der Waals surface area contributed by atoms with Crippen LogP contribution in [0.25, 0.3) is 0 Å². The van der Waals surface area contributed by atoms with Crippen molar-refractivity contribution in [2.75, 3.05) is 29.3 Å². The van der Waals surface area contributed by atoms with Crippen molar-refractivity contribution in [2.45, 2.75) is 30.2 Å². The van der Waals surface area contributed by atoms with Crippen LogP contribution in [0.2, 0.25) is 5.02 Å². The van der Waals surface area contributed by atoms with E-state index in [1.807, 2.05) is 47.0 Å². The van der Waals surface area contributed by atoms with Crippen molar-refractivity contribution in [3.8, 4) is 0 Å². The van der Waals surface area contributed by atoms with Gasteiger partial charge < -0.3 is 14.8 Å². The van der Waals surface area contributed by atoms with Crippen LogP contribution < -0.4 is 20.5 Å². The van der Waals surface area contributed by atoms with Gasteiger partial charge in [-0.2, -0.15) is 0 Å². The number of piperidine rings is 1. The van der Waals surface area contributed by atoms with Crippen LogP contribution in [-0.4, -0.2) is 38.5 Å². The average Bonchev–Trinajstić information content (AvgIpc) is 2.98. The topological polar surface area (TPSA) is 101 Å². The summed E-state index contributed by atoms with van der Waals surface area (Å²) in [6.07, 6.45) is 1.65. The molecule has 1 saturated heterocycles. The number of sulfonamides is 1. The van der Waals surface area contributed by atoms with Gasteiger partial charge in [0.25, 0.3) is 21.5 Å². The predicted octanol–water partition coefficient (Wildman–Crippen LogP) is 4.90. The second kappa shape index (κ2) is 11.7. The molecule has 42 heavy (non-hydrogen) atoms. The van der Waals surface area contributed by atoms with Crippen molar-refractivity contribution in [1.29, 1.82) is 0 Å². The van der Waals surface area contributed by atoms with Crippen molar-refractivity contribution in [2.24, 2.45) is 5.92 Å². The molecular formula is C32H31ClN4O4S. The molecule has 10 heteroatoms. The fraction of sp³-hybridized carbons (Fsp3) is 0.250. The van der Waals surface area contributed by atoms with Gasteiger partial charge in [-0.25, -0.2) is 8.42 Å². The number of nitrogens with zero attached hydrogens (tertiary/aromatic N) is 2. The van der Waals surface area contributed by atoms with Gasteiger partial charge in [0.2, 0.25) is 0 Å². The smallest absolute Gasteiger partial charge is 0.261 e. The Morgan fingerprint density at radius 1 is 0.905 bits per heavy atom. The highest BCUT2D eigenvalue weighted by Gasteiger charge is 2.35. The Morgan fingerprint density at radius 3 is 2.48 bits per heavy atom. The summed E-state index contributed by atoms with van der Waals surface area (Å²) in [6, 6.07) is 26.4. The Kier molecular flexibility index (Phi) is 7.79. The zero-order valence-electron chi connectivity index (χ0n) is 22.9. The number of hydrogen-bond acceptors (Lipinski definition) is 5. The van der Waals surface area contributed by atoms with E-state index in [1.165, 1.54) is 24.3 Å². The predicted molar refractivity (Wildman–Crippen MR) is 165 cm³/mol. The lowest BCUT2D eigenvalue weighted by molar-refractivity contribution is 0.0954. The Hall–Kier alpha value is -4.08. The van der Waals surface area contributed by atoms with Gasteiger partial charge in [0.15, 0.2) is 0 Å². The van der Waals surface area contributed by atoms with Gasteiger partial charge in [0.1, 0.15) is 0 Å². The van der Waals surface area contributed by atoms with E-state index in [2.05, 4.69) is 14.9 Å². The first-order valence-electron chi connectivity index (χ1n) is 14.0. The molecule has 4 aromatic rings. The number of halogens is 1. The maximum Gasteiger partial charge on any atom is 0.261 e. The molecule has 2 atom stereocenters. The summed E-state index contributed by atoms with van der Waals surface area (Å²) in [5, 5.41) is 3.38. The van der Waals surface area contributed by atoms with E-state index in [-0.39, 0.29) is 28.2 Å². The largest absolute Gasteiger partial charge is 0.369 e. The van der Waals surface area contributed by atoms with Crippen LogP contribution in [0.1, 0.15) is 34.0 Å². The van der Waals surface area contributed by atoms with Crippen LogP contribution in [0.15, 0.2) is 101 Å². The van der Waals surface area contributed by atoms with E-state index in [0.717, 1.165) is 17.7 Å². The normalized spacial score (nSPS) is 17.8. The number of amides is 1. The Bertz CT molecular complexity index is 1770. The van der Waals surface area contributed by atoms with Gasteiger partial charge in [-0.05, 0) is 72.9 Å². The highest BCUT2D eigenvalue weighted by molar-refractivity contribution is 7.92. The molecule has 2 N–H and O–H groups in total. The molecular weight excluding hydrogens is 572 g/mol. The van der Waals surface area contributed by atoms with Gasteiger partial charge in [0.05, 0.1) is 16.3 Å². The standard InChI is InChI=1S/C32H31ClN4O4S/c33-26-10-12-27(13-11-26)42(40,41)35-28-18-24(32(39)34-16-15-22-5-2-1-3-6-22)9-14-30(28)36-19-23-17-25(21-36)29-7-4-8-31(38)37(29)20-23/h1-14,18,23,25,35H,15-17,19-21H2,(H,34,39). The molecule has 1 amide bonds. The maximum atomic E-state index is 13.4. The van der Waals surface area contributed by atoms with Crippen LogP contribution in [0.4, 0.5) is 11.4 Å². The molecule has 3 aromatic carbocycles. The van der Waals surface area contributed by atoms with Crippen LogP contribution >= 0.6 is 11.6 Å². The number of carbonyl (C=O) groups excluding carboxylic acids is 1. The van der Waals surface area contributed by atoms with Gasteiger partial charge in [0, 0.05) is 54.4 Å². The van der Waals surface area contributed by atoms with E-state index < -0.39 is 10.0 Å². The average molecular weight is 603 g/mol. The summed E-state index contributed by atoms with van der Waals surface area (Å²) in [4.78, 5) is 27.9. The summed E-state index contributed by atoms with van der Waals surface area (Å²) in [6.45, 7) is 2.36. The van der Waals surface area contributed by atoms with Crippen molar-refractivity contribution < 1.29 is 13.2 Å². The molecule has 3 heterocycles. The molecule has 216 valence electrons. The lowest BCUT2D eigenvalue weighted by Crippen LogP contribution is -2.47. The summed E-state index contributed by atoms with van der Waals surface area (Å²) in [5.41, 5.74) is 3.50. The lowest BCUT2D eigenvalue weighted by Gasteiger charge is -2.44. The zero-order chi connectivity index (χ0) is 29.3. The lowest BCUT2D eigenvalue weighted by atomic mass is 9.83. The third-order valence-corrected chi connectivity index (χ3v) is 9.62. The zero-order valence-corrected chi connectivity index (χ0v) is 24.4. The fourth-order valence-corrected chi connectivity index (χ4v) is 7.20. The van der Waals surface area contributed by atoms with Crippen LogP contribution in [0.3, 0.4) is 0 Å². The second-order valence-corrected chi connectivity index (χ2v) is 13.0. The fourth-order valence-electron chi connectivity index (χ4n) is 6.01. The van der Waals surface area contributed by atoms with E-state index in [9.17, 15) is 18.0 Å². The molecule has 2 aliphatic rings. The number of pyridine rings is 1. The van der Waals surface area contributed by atoms with Crippen LogP contribution in [0, 0.1) is 5.92 Å². The van der Waals surface area contributed by atoms with E-state index in [0.29, 0.717) is 54.6 Å². The van der Waals surface area contributed by atoms with Crippen molar-refractivity contribution in [1.82, 2.24) is 9.88 Å². The number of rotatable bonds is 8. The minimum atomic E-state index is -3.97. The van der Waals surface area contributed by atoms with Crippen molar-refractivity contribution in [3.05, 3.63) is 123 Å². The van der Waals surface area contributed by atoms with E-state index in [4.69, 9.17) is 11.6 Å². The molecule has 0 radical (unpaired) electrons. The number of nitrogens with one attached hydrogen (secondary N) is 2. The molecule has 0 saturated carbocycles. The summed E-state index contributed by atoms with van der Waals surface area (Å²) < 4.78 is 31.5. The summed E-state index contributed by atoms with van der Waals surface area (Å²) in [7, 11) is -3.97. The Balaban J connectivity index is 1.29. The van der Waals surface area contributed by atoms with Gasteiger partial charge in [-0.15, -0.1) is 0 Å². The van der Waals surface area contributed by atoms with Crippen LogP contribution in [-0.2, 0) is 23.0 Å². The highest BCUT2D eigenvalue weighted by Crippen LogP contribution is 2.39. The van der Waals surface area contributed by atoms with Gasteiger partial charge in [-0.3, -0.25) is 14.3 Å². The quantitative estimate of drug-likeness (QED) is 0.299. The second-order valence-electron chi connectivity index (χ2n) is 10.9. The summed E-state index contributed by atoms with van der Waals surface area (Å²) in [5.74, 6) is 0.0827. The number of benzene rings is 3. The first kappa shape index (κ1) is 28.1. The van der Waals surface area contributed by atoms with Crippen molar-refractivity contribution >= 4 is 38.9 Å². The third kappa shape index (κ3) is 5.93. The number of carbonyl (C=O) groups is 1. The first-order chi connectivity index (χ1) is 20.3. The summed E-state index contributed by atoms with van der Waals surface area (Å²) >= 11 is 5.99. The monoisotopic (exact) mass is 602 g/mol. The molecule has 0 spiro atoms. The molecule has 1 aromatic heterocycles. The van der Waals surface area contributed by atoms with E-state index >= 15 is 0 Å². The van der Waals surface area contributed by atoms with Gasteiger partial charge >= 0.3 is 0 Å². The maximum absolute atomic E-state index is 13.4. The first-order valence-corrected chi connectivity index (χ1v) is 15.8. The third-order valence-electron chi connectivity index (χ3n) is 7.99. The number of hydrogen-bond donors (Lipinski definition) is 2. The van der Waals surface area contributed by atoms with Crippen LogP contribution in [0.5, 0.6) is 0 Å². The highest BCUT2D eigenvalue weighted by atomic mass is 35.5. The minimum absolute atomic E-state index is 0.00898. The van der Waals surface area contributed by atoms with Crippen molar-refractivity contribution in [3.63, 3.8) is 0 Å². The minimum Gasteiger partial charge on any atom is -0.369 e. The molecule has 6 rings (SSSR count). The SMILES string of the molecule is O=C(NCCc1ccccc1)c1ccc(N2CC3CC(C2)c2cccc(=O)n2C3)c(NS(=O)(=O)c2ccc(Cl)cc2)c1. The van der Waals surface area contributed by atoms with E-state index in [1.54, 1.807) is 24.3 Å².